The molecule has 2 aromatic carbocycles. The number of hydrogen-bond donors (Lipinski definition) is 0. The van der Waals surface area contributed by atoms with Crippen LogP contribution in [0, 0.1) is 13.8 Å². The average Bonchev–Trinajstić information content (AvgIpc) is 3.07. The van der Waals surface area contributed by atoms with Crippen LogP contribution in [0.3, 0.4) is 0 Å². The summed E-state index contributed by atoms with van der Waals surface area (Å²) in [5.41, 5.74) is 9.36. The molecule has 0 saturated carbocycles. The molecule has 2 aliphatic rings. The van der Waals surface area contributed by atoms with Gasteiger partial charge in [-0.3, -0.25) is 0 Å². The van der Waals surface area contributed by atoms with Gasteiger partial charge in [0.2, 0.25) is 0 Å². The second kappa shape index (κ2) is 13.4. The largest absolute Gasteiger partial charge is 1.00 e. The first-order valence-electron chi connectivity index (χ1n) is 9.47. The molecule has 0 bridgehead atoms. The molecule has 0 amide bonds. The second-order valence-corrected chi connectivity index (χ2v) is 14.3. The molecule has 0 unspecified atom stereocenters. The molecular formula is C22H32Cl2SiTi-2. The van der Waals surface area contributed by atoms with E-state index in [1.165, 1.54) is 62.5 Å². The Morgan fingerprint density at radius 3 is 1.35 bits per heavy atom. The summed E-state index contributed by atoms with van der Waals surface area (Å²) in [4.78, 5) is 0. The van der Waals surface area contributed by atoms with Crippen LogP contribution in [0.1, 0.15) is 59.1 Å². The molecule has 0 aromatic heterocycles. The van der Waals surface area contributed by atoms with Crippen LogP contribution in [-0.2, 0) is 44.9 Å². The van der Waals surface area contributed by atoms with E-state index in [0.29, 0.717) is 0 Å². The molecule has 4 heteroatoms. The van der Waals surface area contributed by atoms with Crippen molar-refractivity contribution in [1.29, 1.82) is 0 Å². The van der Waals surface area contributed by atoms with Gasteiger partial charge in [0, 0.05) is 0 Å². The topological polar surface area (TPSA) is 0 Å². The van der Waals surface area contributed by atoms with E-state index in [1.807, 2.05) is 0 Å². The molecular weight excluding hydrogens is 411 g/mol. The Morgan fingerprint density at radius 2 is 1.04 bits per heavy atom. The van der Waals surface area contributed by atoms with Gasteiger partial charge in [-0.1, -0.05) is 65.2 Å². The third kappa shape index (κ3) is 8.93. The van der Waals surface area contributed by atoms with Crippen molar-refractivity contribution >= 4 is 6.19 Å². The quantitative estimate of drug-likeness (QED) is 0.397. The van der Waals surface area contributed by atoms with E-state index < -0.39 is 0 Å². The van der Waals surface area contributed by atoms with Crippen molar-refractivity contribution < 1.29 is 44.0 Å². The fraction of sp³-hybridized carbons (Fsp3) is 0.545. The molecule has 0 atom stereocenters. The number of fused-ring (bicyclic) bond motifs is 2. The summed E-state index contributed by atoms with van der Waals surface area (Å²) in [5, 5.41) is 0. The molecule has 0 saturated heterocycles. The van der Waals surface area contributed by atoms with Crippen LogP contribution in [0.4, 0.5) is 0 Å². The maximum absolute atomic E-state index is 2.34. The summed E-state index contributed by atoms with van der Waals surface area (Å²) in [6.07, 6.45) is 11.0. The SMILES string of the molecule is C[Si](C)=[Ti+2].Cc1cc2c([cH-]1)CCCC2.Cc1cc2c([cH-]1)CCCC2.[Cl-].[Cl-]. The smallest absolute Gasteiger partial charge is 0.0512 e. The first kappa shape index (κ1) is 26.2. The zero-order chi connectivity index (χ0) is 17.5. The minimum Gasteiger partial charge on any atom is -1.00 e. The van der Waals surface area contributed by atoms with Crippen LogP contribution >= 0.6 is 0 Å². The van der Waals surface area contributed by atoms with Gasteiger partial charge in [0.05, 0.1) is 0 Å². The van der Waals surface area contributed by atoms with E-state index in [4.69, 9.17) is 0 Å². The van der Waals surface area contributed by atoms with Crippen LogP contribution in [0.15, 0.2) is 24.3 Å². The Labute approximate surface area is 185 Å². The molecule has 0 nitrogen and oxygen atoms in total. The first-order chi connectivity index (χ1) is 11.5. The Bertz CT molecular complexity index is 566. The van der Waals surface area contributed by atoms with Crippen molar-refractivity contribution in [3.8, 4) is 0 Å². The molecule has 4 rings (SSSR count). The fourth-order valence-corrected chi connectivity index (χ4v) is 3.75. The van der Waals surface area contributed by atoms with Crippen LogP contribution in [-0.4, -0.2) is 6.19 Å². The molecule has 2 aromatic rings. The van der Waals surface area contributed by atoms with Crippen molar-refractivity contribution in [2.75, 3.05) is 0 Å². The summed E-state index contributed by atoms with van der Waals surface area (Å²) in [6, 6.07) is 9.37. The van der Waals surface area contributed by atoms with E-state index in [-0.39, 0.29) is 31.0 Å². The monoisotopic (exact) mass is 442 g/mol. The van der Waals surface area contributed by atoms with Gasteiger partial charge in [-0.25, -0.2) is 12.1 Å². The number of halogens is 2. The molecule has 0 spiro atoms. The average molecular weight is 443 g/mol. The molecule has 0 radical (unpaired) electrons. The second-order valence-electron chi connectivity index (χ2n) is 7.58. The standard InChI is InChI=1S/2C10H13.C2H6Si.2ClH.Ti/c2*1-8-6-9-4-2-3-5-10(9)7-8;1-3-2;;;/h2*6-7H,2-5H2,1H3;1-2H3;2*1H;/q2*-1;;;;+2/p-2. The Morgan fingerprint density at radius 1 is 0.731 bits per heavy atom. The summed E-state index contributed by atoms with van der Waals surface area (Å²) in [5.74, 6) is 0. The molecule has 144 valence electrons. The predicted molar refractivity (Wildman–Crippen MR) is 104 cm³/mol. The van der Waals surface area contributed by atoms with E-state index in [0.717, 1.165) is 0 Å². The van der Waals surface area contributed by atoms with Crippen molar-refractivity contribution in [1.82, 2.24) is 0 Å². The van der Waals surface area contributed by atoms with Gasteiger partial charge in [0.1, 0.15) is 0 Å². The molecule has 0 heterocycles. The molecule has 0 fully saturated rings. The van der Waals surface area contributed by atoms with Gasteiger partial charge in [-0.05, 0) is 0 Å². The van der Waals surface area contributed by atoms with Crippen LogP contribution in [0.2, 0.25) is 13.1 Å². The van der Waals surface area contributed by atoms with Gasteiger partial charge < -0.3 is 24.8 Å². The van der Waals surface area contributed by atoms with E-state index in [2.05, 4.69) is 70.4 Å². The van der Waals surface area contributed by atoms with Gasteiger partial charge in [-0.15, -0.1) is 0 Å². The fourth-order valence-electron chi connectivity index (χ4n) is 3.75. The zero-order valence-corrected chi connectivity index (χ0v) is 20.8. The van der Waals surface area contributed by atoms with Gasteiger partial charge in [0.15, 0.2) is 0 Å². The normalized spacial score (nSPS) is 14.1. The van der Waals surface area contributed by atoms with Crippen molar-refractivity contribution in [3.63, 3.8) is 0 Å². The third-order valence-corrected chi connectivity index (χ3v) is 4.72. The van der Waals surface area contributed by atoms with Crippen LogP contribution in [0.25, 0.3) is 0 Å². The molecule has 2 aliphatic carbocycles. The number of rotatable bonds is 0. The molecule has 0 aliphatic heterocycles. The van der Waals surface area contributed by atoms with E-state index in [1.54, 1.807) is 22.3 Å². The predicted octanol–water partition coefficient (Wildman–Crippen LogP) is -0.0223. The third-order valence-electron chi connectivity index (χ3n) is 4.72. The van der Waals surface area contributed by atoms with Crippen molar-refractivity contribution in [3.05, 3.63) is 57.6 Å². The summed E-state index contributed by atoms with van der Waals surface area (Å²) >= 11 is 2.27. The van der Waals surface area contributed by atoms with Gasteiger partial charge >= 0.3 is 38.5 Å². The molecule has 0 N–H and O–H groups in total. The minimum absolute atomic E-state index is 0. The van der Waals surface area contributed by atoms with Gasteiger partial charge in [0.25, 0.3) is 0 Å². The van der Waals surface area contributed by atoms with E-state index in [9.17, 15) is 0 Å². The number of aryl methyl sites for hydroxylation is 6. The summed E-state index contributed by atoms with van der Waals surface area (Å²) < 4.78 is 0. The molecule has 26 heavy (non-hydrogen) atoms. The number of hydrogen-bond acceptors (Lipinski definition) is 0. The summed E-state index contributed by atoms with van der Waals surface area (Å²) in [6.45, 7) is 8.92. The minimum atomic E-state index is 0. The summed E-state index contributed by atoms with van der Waals surface area (Å²) in [7, 11) is 0. The van der Waals surface area contributed by atoms with Crippen molar-refractivity contribution in [2.45, 2.75) is 78.3 Å². The Kier molecular flexibility index (Phi) is 13.5. The maximum Gasteiger partial charge on any atom is -0.0512 e. The Balaban J connectivity index is 0.000000378. The van der Waals surface area contributed by atoms with Crippen molar-refractivity contribution in [2.24, 2.45) is 0 Å². The van der Waals surface area contributed by atoms with E-state index >= 15 is 0 Å². The zero-order valence-electron chi connectivity index (χ0n) is 16.7. The van der Waals surface area contributed by atoms with Crippen LogP contribution in [0.5, 0.6) is 0 Å². The maximum atomic E-state index is 2.34. The Hall–Kier alpha value is 0.211. The van der Waals surface area contributed by atoms with Gasteiger partial charge in [-0.2, -0.15) is 45.5 Å². The first-order valence-corrected chi connectivity index (χ1v) is 14.3. The van der Waals surface area contributed by atoms with Crippen LogP contribution < -0.4 is 24.8 Å².